The van der Waals surface area contributed by atoms with E-state index in [1.807, 2.05) is 0 Å². The molecule has 0 aliphatic carbocycles. The minimum Gasteiger partial charge on any atom is -0.266 e. The van der Waals surface area contributed by atoms with Crippen LogP contribution in [-0.4, -0.2) is 18.0 Å². The fourth-order valence-electron chi connectivity index (χ4n) is 1.30. The van der Waals surface area contributed by atoms with Gasteiger partial charge in [-0.3, -0.25) is 4.79 Å². The first-order valence-electron chi connectivity index (χ1n) is 4.79. The monoisotopic (exact) mass is 180 g/mol. The van der Waals surface area contributed by atoms with Gasteiger partial charge in [-0.15, -0.1) is 0 Å². The Labute approximate surface area is 79.0 Å². The van der Waals surface area contributed by atoms with Crippen molar-refractivity contribution in [3.63, 3.8) is 0 Å². The van der Waals surface area contributed by atoms with Gasteiger partial charge in [0.1, 0.15) is 5.84 Å². The van der Waals surface area contributed by atoms with Crippen molar-refractivity contribution in [3.05, 3.63) is 0 Å². The summed E-state index contributed by atoms with van der Waals surface area (Å²) >= 11 is 0. The van der Waals surface area contributed by atoms with Gasteiger partial charge in [-0.2, -0.15) is 4.99 Å². The SMILES string of the molecule is CCC(C)C(C)CC1=NC(=O)C=N1. The smallest absolute Gasteiger partial charge is 0.266 e. The van der Waals surface area contributed by atoms with Crippen molar-refractivity contribution in [1.29, 1.82) is 0 Å². The van der Waals surface area contributed by atoms with Gasteiger partial charge in [-0.25, -0.2) is 4.99 Å². The van der Waals surface area contributed by atoms with Crippen molar-refractivity contribution in [2.75, 3.05) is 0 Å². The highest BCUT2D eigenvalue weighted by Gasteiger charge is 2.15. The molecule has 0 spiro atoms. The summed E-state index contributed by atoms with van der Waals surface area (Å²) in [5.41, 5.74) is 0. The third-order valence-corrected chi connectivity index (χ3v) is 2.68. The number of carbonyl (C=O) groups is 1. The fourth-order valence-corrected chi connectivity index (χ4v) is 1.30. The number of rotatable bonds is 4. The van der Waals surface area contributed by atoms with Crippen molar-refractivity contribution >= 4 is 18.0 Å². The van der Waals surface area contributed by atoms with E-state index in [1.165, 1.54) is 6.21 Å². The number of amides is 1. The van der Waals surface area contributed by atoms with Gasteiger partial charge in [0.15, 0.2) is 0 Å². The molecule has 0 saturated heterocycles. The lowest BCUT2D eigenvalue weighted by molar-refractivity contribution is -0.111. The molecule has 0 aromatic rings. The summed E-state index contributed by atoms with van der Waals surface area (Å²) < 4.78 is 0. The molecule has 3 heteroatoms. The average Bonchev–Trinajstić information content (AvgIpc) is 2.49. The third-order valence-electron chi connectivity index (χ3n) is 2.68. The van der Waals surface area contributed by atoms with Crippen LogP contribution in [0.3, 0.4) is 0 Å². The molecule has 1 aliphatic heterocycles. The van der Waals surface area contributed by atoms with Crippen molar-refractivity contribution in [2.45, 2.75) is 33.6 Å². The second-order valence-corrected chi connectivity index (χ2v) is 3.69. The van der Waals surface area contributed by atoms with E-state index >= 15 is 0 Å². The molecule has 1 amide bonds. The van der Waals surface area contributed by atoms with E-state index in [-0.39, 0.29) is 5.91 Å². The minimum atomic E-state index is -0.216. The molecule has 13 heavy (non-hydrogen) atoms. The van der Waals surface area contributed by atoms with Crippen LogP contribution in [0.1, 0.15) is 33.6 Å². The molecule has 0 saturated carbocycles. The van der Waals surface area contributed by atoms with Gasteiger partial charge in [-0.1, -0.05) is 27.2 Å². The minimum absolute atomic E-state index is 0.216. The number of hydrogen-bond donors (Lipinski definition) is 0. The Kier molecular flexibility index (Phi) is 3.34. The van der Waals surface area contributed by atoms with Gasteiger partial charge < -0.3 is 0 Å². The Bertz CT molecular complexity index is 256. The summed E-state index contributed by atoms with van der Waals surface area (Å²) in [4.78, 5) is 18.5. The molecule has 0 fully saturated rings. The Morgan fingerprint density at radius 2 is 2.08 bits per heavy atom. The van der Waals surface area contributed by atoms with Crippen LogP contribution >= 0.6 is 0 Å². The van der Waals surface area contributed by atoms with Crippen LogP contribution in [0, 0.1) is 11.8 Å². The summed E-state index contributed by atoms with van der Waals surface area (Å²) in [6.07, 6.45) is 3.27. The van der Waals surface area contributed by atoms with Gasteiger partial charge in [0.25, 0.3) is 5.91 Å². The van der Waals surface area contributed by atoms with Crippen LogP contribution in [-0.2, 0) is 4.79 Å². The van der Waals surface area contributed by atoms with Gasteiger partial charge in [-0.05, 0) is 11.8 Å². The molecule has 1 aliphatic rings. The molecule has 0 N–H and O–H groups in total. The van der Waals surface area contributed by atoms with E-state index < -0.39 is 0 Å². The number of aliphatic imine (C=N–C) groups is 2. The van der Waals surface area contributed by atoms with Gasteiger partial charge in [0.05, 0.1) is 6.21 Å². The molecular weight excluding hydrogens is 164 g/mol. The first kappa shape index (κ1) is 10.1. The van der Waals surface area contributed by atoms with E-state index in [2.05, 4.69) is 30.8 Å². The topological polar surface area (TPSA) is 41.8 Å². The van der Waals surface area contributed by atoms with Gasteiger partial charge in [0.2, 0.25) is 0 Å². The van der Waals surface area contributed by atoms with Crippen LogP contribution < -0.4 is 0 Å². The highest BCUT2D eigenvalue weighted by molar-refractivity contribution is 6.34. The average molecular weight is 180 g/mol. The second kappa shape index (κ2) is 4.30. The van der Waals surface area contributed by atoms with Crippen molar-refractivity contribution in [3.8, 4) is 0 Å². The van der Waals surface area contributed by atoms with Crippen molar-refractivity contribution < 1.29 is 4.79 Å². The maximum atomic E-state index is 10.7. The lowest BCUT2D eigenvalue weighted by Gasteiger charge is -2.16. The molecule has 1 heterocycles. The highest BCUT2D eigenvalue weighted by atomic mass is 16.1. The van der Waals surface area contributed by atoms with Crippen LogP contribution in [0.5, 0.6) is 0 Å². The van der Waals surface area contributed by atoms with E-state index in [0.29, 0.717) is 17.7 Å². The zero-order chi connectivity index (χ0) is 9.84. The second-order valence-electron chi connectivity index (χ2n) is 3.69. The molecular formula is C10H16N2O. The number of hydrogen-bond acceptors (Lipinski definition) is 2. The Balaban J connectivity index is 2.45. The number of nitrogens with zero attached hydrogens (tertiary/aromatic N) is 2. The van der Waals surface area contributed by atoms with Crippen LogP contribution in [0.25, 0.3) is 0 Å². The quantitative estimate of drug-likeness (QED) is 0.653. The Morgan fingerprint density at radius 1 is 1.38 bits per heavy atom. The molecule has 3 nitrogen and oxygen atoms in total. The van der Waals surface area contributed by atoms with Crippen LogP contribution in [0.4, 0.5) is 0 Å². The van der Waals surface area contributed by atoms with Crippen LogP contribution in [0.15, 0.2) is 9.98 Å². The molecule has 0 radical (unpaired) electrons. The van der Waals surface area contributed by atoms with Gasteiger partial charge in [0, 0.05) is 6.42 Å². The summed E-state index contributed by atoms with van der Waals surface area (Å²) in [5.74, 6) is 1.68. The summed E-state index contributed by atoms with van der Waals surface area (Å²) in [6.45, 7) is 6.56. The predicted octanol–water partition coefficient (Wildman–Crippen LogP) is 2.07. The zero-order valence-corrected chi connectivity index (χ0v) is 8.45. The van der Waals surface area contributed by atoms with Crippen molar-refractivity contribution in [2.24, 2.45) is 21.8 Å². The Hall–Kier alpha value is -0.990. The molecule has 1 rings (SSSR count). The molecule has 0 bridgehead atoms. The van der Waals surface area contributed by atoms with Gasteiger partial charge >= 0.3 is 0 Å². The van der Waals surface area contributed by atoms with E-state index in [0.717, 1.165) is 12.8 Å². The van der Waals surface area contributed by atoms with E-state index in [9.17, 15) is 4.79 Å². The predicted molar refractivity (Wildman–Crippen MR) is 54.2 cm³/mol. The molecule has 2 atom stereocenters. The third kappa shape index (κ3) is 2.76. The highest BCUT2D eigenvalue weighted by Crippen LogP contribution is 2.19. The fraction of sp³-hybridized carbons (Fsp3) is 0.700. The standard InChI is InChI=1S/C10H16N2O/c1-4-7(2)8(3)5-9-11-6-10(13)12-9/h6-8H,4-5H2,1-3H3. The van der Waals surface area contributed by atoms with Crippen molar-refractivity contribution in [1.82, 2.24) is 0 Å². The van der Waals surface area contributed by atoms with E-state index in [1.54, 1.807) is 0 Å². The maximum absolute atomic E-state index is 10.7. The summed E-state index contributed by atoms with van der Waals surface area (Å²) in [7, 11) is 0. The number of carbonyl (C=O) groups excluding carboxylic acids is 1. The normalized spacial score (nSPS) is 20.2. The first-order valence-corrected chi connectivity index (χ1v) is 4.79. The lowest BCUT2D eigenvalue weighted by Crippen LogP contribution is -2.10. The lowest BCUT2D eigenvalue weighted by atomic mass is 9.90. The summed E-state index contributed by atoms with van der Waals surface area (Å²) in [5, 5.41) is 0. The summed E-state index contributed by atoms with van der Waals surface area (Å²) in [6, 6.07) is 0. The first-order chi connectivity index (χ1) is 6.13. The Morgan fingerprint density at radius 3 is 2.54 bits per heavy atom. The van der Waals surface area contributed by atoms with Crippen LogP contribution in [0.2, 0.25) is 0 Å². The number of amidine groups is 1. The largest absolute Gasteiger partial charge is 0.289 e. The molecule has 0 aromatic carbocycles. The molecule has 2 unspecified atom stereocenters. The maximum Gasteiger partial charge on any atom is 0.289 e. The molecule has 0 aromatic heterocycles. The molecule has 72 valence electrons. The van der Waals surface area contributed by atoms with E-state index in [4.69, 9.17) is 0 Å². The zero-order valence-electron chi connectivity index (χ0n) is 8.45.